The van der Waals surface area contributed by atoms with Gasteiger partial charge in [0.25, 0.3) is 5.89 Å². The van der Waals surface area contributed by atoms with E-state index < -0.39 is 7.14 Å². The zero-order chi connectivity index (χ0) is 11.6. The molecule has 0 aliphatic carbocycles. The third-order valence-corrected chi connectivity index (χ3v) is 6.01. The summed E-state index contributed by atoms with van der Waals surface area (Å²) in [6.07, 6.45) is 5.80. The van der Waals surface area contributed by atoms with Crippen molar-refractivity contribution in [1.82, 2.24) is 4.98 Å². The molecule has 2 aromatic heterocycles. The molecule has 0 aliphatic rings. The molecule has 2 aromatic rings. The van der Waals surface area contributed by atoms with E-state index in [1.807, 2.05) is 13.8 Å². The van der Waals surface area contributed by atoms with Crippen LogP contribution in [0.2, 0.25) is 0 Å². The molecule has 2 rings (SSSR count). The summed E-state index contributed by atoms with van der Waals surface area (Å²) in [5.41, 5.74) is 0. The van der Waals surface area contributed by atoms with Gasteiger partial charge in [0, 0.05) is 12.3 Å². The Morgan fingerprint density at radius 1 is 1.25 bits per heavy atom. The molecule has 4 nitrogen and oxygen atoms in total. The molecular weight excluding hydrogens is 225 g/mol. The molecule has 16 heavy (non-hydrogen) atoms. The number of oxazole rings is 1. The van der Waals surface area contributed by atoms with Gasteiger partial charge in [-0.05, 0) is 6.07 Å². The van der Waals surface area contributed by atoms with Crippen molar-refractivity contribution in [3.63, 3.8) is 0 Å². The van der Waals surface area contributed by atoms with Crippen LogP contribution in [0.25, 0.3) is 11.7 Å². The van der Waals surface area contributed by atoms with Crippen LogP contribution >= 0.6 is 7.14 Å². The van der Waals surface area contributed by atoms with Crippen LogP contribution in [0.5, 0.6) is 0 Å². The molecule has 86 valence electrons. The molecule has 0 saturated carbocycles. The second-order valence-corrected chi connectivity index (χ2v) is 7.02. The summed E-state index contributed by atoms with van der Waals surface area (Å²) in [6.45, 7) is 3.85. The van der Waals surface area contributed by atoms with E-state index in [9.17, 15) is 4.57 Å². The standard InChI is InChI=1S/C11H14NO3P/c1-3-16(13,4-2)9-5-7-14-10(9)11-12-6-8-15-11/h5-8H,3-4H2,1-2H3. The van der Waals surface area contributed by atoms with Crippen LogP contribution in [0.15, 0.2) is 33.6 Å². The van der Waals surface area contributed by atoms with Gasteiger partial charge in [-0.2, -0.15) is 0 Å². The van der Waals surface area contributed by atoms with Crippen molar-refractivity contribution in [3.05, 3.63) is 24.8 Å². The van der Waals surface area contributed by atoms with Crippen molar-refractivity contribution in [3.8, 4) is 11.7 Å². The number of nitrogens with zero attached hydrogens (tertiary/aromatic N) is 1. The summed E-state index contributed by atoms with van der Waals surface area (Å²) in [5.74, 6) is 0.888. The zero-order valence-corrected chi connectivity index (χ0v) is 10.2. The highest BCUT2D eigenvalue weighted by Gasteiger charge is 2.27. The van der Waals surface area contributed by atoms with Crippen LogP contribution in [0.1, 0.15) is 13.8 Å². The van der Waals surface area contributed by atoms with Gasteiger partial charge in [-0.1, -0.05) is 13.8 Å². The monoisotopic (exact) mass is 239 g/mol. The fraction of sp³-hybridized carbons (Fsp3) is 0.364. The minimum Gasteiger partial charge on any atom is -0.458 e. The van der Waals surface area contributed by atoms with E-state index in [-0.39, 0.29) is 0 Å². The molecule has 0 N–H and O–H groups in total. The number of rotatable bonds is 4. The second-order valence-electron chi connectivity index (χ2n) is 3.49. The van der Waals surface area contributed by atoms with E-state index >= 15 is 0 Å². The normalized spacial score (nSPS) is 11.9. The molecule has 0 radical (unpaired) electrons. The van der Waals surface area contributed by atoms with E-state index in [0.717, 1.165) is 5.30 Å². The fourth-order valence-corrected chi connectivity index (χ4v) is 3.66. The Hall–Kier alpha value is -1.28. The fourth-order valence-electron chi connectivity index (χ4n) is 1.68. The molecule has 0 unspecified atom stereocenters. The first kappa shape index (κ1) is 11.2. The molecule has 0 atom stereocenters. The van der Waals surface area contributed by atoms with Gasteiger partial charge in [0.15, 0.2) is 5.76 Å². The SMILES string of the molecule is CCP(=O)(CC)c1ccoc1-c1ncco1. The van der Waals surface area contributed by atoms with Gasteiger partial charge < -0.3 is 13.4 Å². The summed E-state index contributed by atoms with van der Waals surface area (Å²) in [7, 11) is -2.36. The molecule has 0 bridgehead atoms. The van der Waals surface area contributed by atoms with Gasteiger partial charge in [-0.25, -0.2) is 4.98 Å². The van der Waals surface area contributed by atoms with Gasteiger partial charge in [0.2, 0.25) is 0 Å². The van der Waals surface area contributed by atoms with Crippen molar-refractivity contribution in [2.45, 2.75) is 13.8 Å². The number of hydrogen-bond acceptors (Lipinski definition) is 4. The lowest BCUT2D eigenvalue weighted by atomic mass is 10.4. The Bertz CT molecular complexity index is 493. The van der Waals surface area contributed by atoms with E-state index in [2.05, 4.69) is 4.98 Å². The smallest absolute Gasteiger partial charge is 0.263 e. The molecular formula is C11H14NO3P. The Morgan fingerprint density at radius 3 is 2.56 bits per heavy atom. The van der Waals surface area contributed by atoms with Gasteiger partial charge >= 0.3 is 0 Å². The van der Waals surface area contributed by atoms with E-state index in [1.165, 1.54) is 12.5 Å². The number of aromatic nitrogens is 1. The van der Waals surface area contributed by atoms with Crippen LogP contribution in [0.3, 0.4) is 0 Å². The summed E-state index contributed by atoms with van der Waals surface area (Å²) < 4.78 is 23.1. The highest BCUT2D eigenvalue weighted by atomic mass is 31.2. The average Bonchev–Trinajstić information content (AvgIpc) is 2.97. The minimum atomic E-state index is -2.36. The van der Waals surface area contributed by atoms with Crippen molar-refractivity contribution in [2.75, 3.05) is 12.3 Å². The van der Waals surface area contributed by atoms with Crippen LogP contribution in [-0.2, 0) is 4.57 Å². The topological polar surface area (TPSA) is 56.2 Å². The lowest BCUT2D eigenvalue weighted by Gasteiger charge is -2.12. The maximum absolute atomic E-state index is 12.6. The lowest BCUT2D eigenvalue weighted by Crippen LogP contribution is -2.09. The van der Waals surface area contributed by atoms with Crippen molar-refractivity contribution >= 4 is 12.4 Å². The quantitative estimate of drug-likeness (QED) is 0.769. The van der Waals surface area contributed by atoms with Gasteiger partial charge in [0.1, 0.15) is 13.4 Å². The van der Waals surface area contributed by atoms with Gasteiger partial charge in [0.05, 0.1) is 17.8 Å². The van der Waals surface area contributed by atoms with Crippen LogP contribution in [0.4, 0.5) is 0 Å². The summed E-state index contributed by atoms with van der Waals surface area (Å²) >= 11 is 0. The van der Waals surface area contributed by atoms with Crippen LogP contribution in [-0.4, -0.2) is 17.3 Å². The largest absolute Gasteiger partial charge is 0.458 e. The van der Waals surface area contributed by atoms with Crippen molar-refractivity contribution in [1.29, 1.82) is 0 Å². The third-order valence-electron chi connectivity index (χ3n) is 2.73. The van der Waals surface area contributed by atoms with Gasteiger partial charge in [-0.3, -0.25) is 0 Å². The molecule has 0 aromatic carbocycles. The Balaban J connectivity index is 2.52. The highest BCUT2D eigenvalue weighted by Crippen LogP contribution is 2.46. The molecule has 5 heteroatoms. The summed E-state index contributed by atoms with van der Waals surface area (Å²) in [5, 5.41) is 0.736. The maximum atomic E-state index is 12.6. The first-order valence-corrected chi connectivity index (χ1v) is 7.35. The summed E-state index contributed by atoms with van der Waals surface area (Å²) in [6, 6.07) is 1.76. The molecule has 2 heterocycles. The highest BCUT2D eigenvalue weighted by molar-refractivity contribution is 7.71. The minimum absolute atomic E-state index is 0.391. The Kier molecular flexibility index (Phi) is 3.01. The third kappa shape index (κ3) is 1.74. The average molecular weight is 239 g/mol. The van der Waals surface area contributed by atoms with E-state index in [0.29, 0.717) is 24.0 Å². The van der Waals surface area contributed by atoms with Gasteiger partial charge in [-0.15, -0.1) is 0 Å². The Labute approximate surface area is 94.0 Å². The summed E-state index contributed by atoms with van der Waals surface area (Å²) in [4.78, 5) is 4.02. The first-order chi connectivity index (χ1) is 7.71. The number of hydrogen-bond donors (Lipinski definition) is 0. The first-order valence-electron chi connectivity index (χ1n) is 5.27. The van der Waals surface area contributed by atoms with Crippen LogP contribution in [0, 0.1) is 0 Å². The van der Waals surface area contributed by atoms with Crippen molar-refractivity contribution in [2.24, 2.45) is 0 Å². The second kappa shape index (κ2) is 4.30. The predicted octanol–water partition coefficient (Wildman–Crippen LogP) is 2.96. The Morgan fingerprint density at radius 2 is 2.00 bits per heavy atom. The molecule has 0 fully saturated rings. The van der Waals surface area contributed by atoms with Crippen LogP contribution < -0.4 is 5.30 Å². The maximum Gasteiger partial charge on any atom is 0.263 e. The zero-order valence-electron chi connectivity index (χ0n) is 9.34. The molecule has 0 amide bonds. The van der Waals surface area contributed by atoms with E-state index in [4.69, 9.17) is 8.83 Å². The lowest BCUT2D eigenvalue weighted by molar-refractivity contribution is 0.518. The molecule has 0 spiro atoms. The van der Waals surface area contributed by atoms with E-state index in [1.54, 1.807) is 12.3 Å². The molecule has 0 saturated heterocycles. The molecule has 0 aliphatic heterocycles. The predicted molar refractivity (Wildman–Crippen MR) is 62.5 cm³/mol. The van der Waals surface area contributed by atoms with Crippen molar-refractivity contribution < 1.29 is 13.4 Å². The number of furan rings is 1.